The molecule has 9 heteroatoms. The Morgan fingerprint density at radius 2 is 1.70 bits per heavy atom. The van der Waals surface area contributed by atoms with Gasteiger partial charge in [0.1, 0.15) is 12.4 Å². The summed E-state index contributed by atoms with van der Waals surface area (Å²) in [6.07, 6.45) is -0.255. The second-order valence-corrected chi connectivity index (χ2v) is 6.26. The number of hydrogen-bond acceptors (Lipinski definition) is 5. The molecule has 27 heavy (non-hydrogen) atoms. The van der Waals surface area contributed by atoms with Crippen molar-refractivity contribution < 1.29 is 27.8 Å². The third kappa shape index (κ3) is 5.66. The van der Waals surface area contributed by atoms with Crippen LogP contribution < -0.4 is 15.6 Å². The van der Waals surface area contributed by atoms with E-state index in [1.54, 1.807) is 0 Å². The highest BCUT2D eigenvalue weighted by Gasteiger charge is 2.15. The first-order chi connectivity index (χ1) is 12.8. The van der Waals surface area contributed by atoms with E-state index in [1.165, 1.54) is 24.3 Å². The summed E-state index contributed by atoms with van der Waals surface area (Å²) in [4.78, 5) is 10.9. The summed E-state index contributed by atoms with van der Waals surface area (Å²) in [6.45, 7) is -0.299. The van der Waals surface area contributed by atoms with Gasteiger partial charge in [-0.3, -0.25) is 9.93 Å². The van der Waals surface area contributed by atoms with E-state index in [4.69, 9.17) is 20.7 Å². The molecular weight excluding hydrogens is 381 g/mol. The van der Waals surface area contributed by atoms with E-state index < -0.39 is 29.2 Å². The number of carbonyl (C=O) groups is 1. The van der Waals surface area contributed by atoms with Crippen LogP contribution in [0.2, 0.25) is 0 Å². The summed E-state index contributed by atoms with van der Waals surface area (Å²) >= 11 is 0.748. The number of nitrogens with two attached hydrogens (primary N) is 2. The maximum atomic E-state index is 14.1. The number of ether oxygens (including phenoxy) is 1. The third-order valence-corrected chi connectivity index (χ3v) is 4.25. The summed E-state index contributed by atoms with van der Waals surface area (Å²) in [7, 11) is 0. The SMILES string of the molecule is NS/C(COc1c(F)cc(CCC(=O)O)cc1F)=C(\N)c1ccc(F)cc1. The van der Waals surface area contributed by atoms with E-state index in [0.29, 0.717) is 10.5 Å². The van der Waals surface area contributed by atoms with Gasteiger partial charge in [0.2, 0.25) is 0 Å². The van der Waals surface area contributed by atoms with Gasteiger partial charge in [-0.1, -0.05) is 0 Å². The molecule has 0 aliphatic rings. The van der Waals surface area contributed by atoms with Crippen molar-refractivity contribution in [2.45, 2.75) is 12.8 Å². The van der Waals surface area contributed by atoms with Crippen LogP contribution in [0, 0.1) is 17.5 Å². The smallest absolute Gasteiger partial charge is 0.303 e. The highest BCUT2D eigenvalue weighted by Crippen LogP contribution is 2.27. The van der Waals surface area contributed by atoms with Crippen LogP contribution in [0.15, 0.2) is 41.3 Å². The molecule has 0 aliphatic carbocycles. The van der Waals surface area contributed by atoms with Crippen LogP contribution in [0.3, 0.4) is 0 Å². The first-order valence-corrected chi connectivity index (χ1v) is 8.63. The molecule has 0 unspecified atom stereocenters. The summed E-state index contributed by atoms with van der Waals surface area (Å²) in [5.74, 6) is -4.04. The molecule has 2 aromatic rings. The van der Waals surface area contributed by atoms with Crippen LogP contribution in [-0.2, 0) is 11.2 Å². The molecule has 0 spiro atoms. The summed E-state index contributed by atoms with van der Waals surface area (Å²) in [5.41, 5.74) is 6.85. The quantitative estimate of drug-likeness (QED) is 0.590. The molecule has 0 fully saturated rings. The van der Waals surface area contributed by atoms with E-state index >= 15 is 0 Å². The number of carboxylic acid groups (broad SMARTS) is 1. The van der Waals surface area contributed by atoms with Gasteiger partial charge in [0, 0.05) is 6.42 Å². The molecule has 2 aromatic carbocycles. The molecule has 0 bridgehead atoms. The molecule has 0 heterocycles. The highest BCUT2D eigenvalue weighted by atomic mass is 32.2. The Labute approximate surface area is 157 Å². The molecule has 0 amide bonds. The maximum absolute atomic E-state index is 14.1. The van der Waals surface area contributed by atoms with Gasteiger partial charge >= 0.3 is 5.97 Å². The molecule has 0 saturated heterocycles. The lowest BCUT2D eigenvalue weighted by molar-refractivity contribution is -0.136. The number of halogens is 3. The van der Waals surface area contributed by atoms with E-state index in [9.17, 15) is 18.0 Å². The predicted molar refractivity (Wildman–Crippen MR) is 97.1 cm³/mol. The first-order valence-electron chi connectivity index (χ1n) is 7.75. The number of rotatable bonds is 8. The average Bonchev–Trinajstić information content (AvgIpc) is 2.62. The van der Waals surface area contributed by atoms with E-state index in [2.05, 4.69) is 0 Å². The van der Waals surface area contributed by atoms with Crippen LogP contribution in [0.1, 0.15) is 17.5 Å². The number of aryl methyl sites for hydroxylation is 1. The molecule has 2 rings (SSSR count). The van der Waals surface area contributed by atoms with Gasteiger partial charge in [-0.25, -0.2) is 13.2 Å². The van der Waals surface area contributed by atoms with Crippen LogP contribution in [0.25, 0.3) is 5.70 Å². The fourth-order valence-corrected chi connectivity index (χ4v) is 2.62. The van der Waals surface area contributed by atoms with Crippen molar-refractivity contribution in [2.75, 3.05) is 6.61 Å². The van der Waals surface area contributed by atoms with Crippen molar-refractivity contribution in [1.82, 2.24) is 0 Å². The molecule has 5 N–H and O–H groups in total. The lowest BCUT2D eigenvalue weighted by Crippen LogP contribution is -2.10. The predicted octanol–water partition coefficient (Wildman–Crippen LogP) is 3.43. The molecule has 0 atom stereocenters. The molecule has 144 valence electrons. The monoisotopic (exact) mass is 398 g/mol. The van der Waals surface area contributed by atoms with Crippen LogP contribution >= 0.6 is 11.9 Å². The average molecular weight is 398 g/mol. The van der Waals surface area contributed by atoms with Crippen LogP contribution in [-0.4, -0.2) is 17.7 Å². The van der Waals surface area contributed by atoms with Gasteiger partial charge in [-0.05, 0) is 65.9 Å². The summed E-state index contributed by atoms with van der Waals surface area (Å²) < 4.78 is 46.4. The Morgan fingerprint density at radius 1 is 1.11 bits per heavy atom. The van der Waals surface area contributed by atoms with Crippen molar-refractivity contribution in [2.24, 2.45) is 10.9 Å². The Kier molecular flexibility index (Phi) is 7.14. The Hall–Kier alpha value is -2.65. The topological polar surface area (TPSA) is 98.6 Å². The van der Waals surface area contributed by atoms with Gasteiger partial charge < -0.3 is 15.6 Å². The summed E-state index contributed by atoms with van der Waals surface area (Å²) in [5, 5.41) is 14.2. The van der Waals surface area contributed by atoms with Crippen molar-refractivity contribution >= 4 is 23.6 Å². The maximum Gasteiger partial charge on any atom is 0.303 e. The van der Waals surface area contributed by atoms with Crippen molar-refractivity contribution in [3.63, 3.8) is 0 Å². The zero-order valence-electron chi connectivity index (χ0n) is 14.0. The minimum absolute atomic E-state index is 0.00915. The fourth-order valence-electron chi connectivity index (χ4n) is 2.25. The number of carboxylic acids is 1. The summed E-state index contributed by atoms with van der Waals surface area (Å²) in [6, 6.07) is 7.36. The molecule has 0 radical (unpaired) electrons. The van der Waals surface area contributed by atoms with Crippen molar-refractivity contribution in [3.05, 3.63) is 69.9 Å². The van der Waals surface area contributed by atoms with Crippen molar-refractivity contribution in [3.8, 4) is 5.75 Å². The second kappa shape index (κ2) is 9.33. The van der Waals surface area contributed by atoms with Gasteiger partial charge in [0.15, 0.2) is 17.4 Å². The number of benzene rings is 2. The van der Waals surface area contributed by atoms with Crippen molar-refractivity contribution in [1.29, 1.82) is 0 Å². The Bertz CT molecular complexity index is 834. The van der Waals surface area contributed by atoms with E-state index in [-0.39, 0.29) is 30.7 Å². The minimum atomic E-state index is -1.07. The Morgan fingerprint density at radius 3 is 2.22 bits per heavy atom. The molecular formula is C18H17F3N2O3S. The lowest BCUT2D eigenvalue weighted by atomic mass is 10.1. The highest BCUT2D eigenvalue weighted by molar-refractivity contribution is 8.01. The minimum Gasteiger partial charge on any atom is -0.482 e. The Balaban J connectivity index is 2.17. The van der Waals surface area contributed by atoms with Gasteiger partial charge in [-0.2, -0.15) is 0 Å². The standard InChI is InChI=1S/C18H17F3N2O3S/c19-12-4-2-11(3-5-12)17(22)15(27-23)9-26-18-13(20)7-10(8-14(18)21)1-6-16(24)25/h2-5,7-8H,1,6,9,22-23H2,(H,24,25)/b17-15-. The molecule has 5 nitrogen and oxygen atoms in total. The fraction of sp³-hybridized carbons (Fsp3) is 0.167. The molecule has 0 aromatic heterocycles. The van der Waals surface area contributed by atoms with E-state index in [0.717, 1.165) is 24.1 Å². The first kappa shape index (κ1) is 20.7. The number of aliphatic carboxylic acids is 1. The van der Waals surface area contributed by atoms with Crippen LogP contribution in [0.4, 0.5) is 13.2 Å². The number of hydrogen-bond donors (Lipinski definition) is 3. The van der Waals surface area contributed by atoms with E-state index in [1.807, 2.05) is 0 Å². The molecule has 0 aliphatic heterocycles. The third-order valence-electron chi connectivity index (χ3n) is 3.63. The van der Waals surface area contributed by atoms with Crippen LogP contribution in [0.5, 0.6) is 5.75 Å². The largest absolute Gasteiger partial charge is 0.482 e. The zero-order chi connectivity index (χ0) is 20.0. The van der Waals surface area contributed by atoms with Gasteiger partial charge in [0.05, 0.1) is 10.6 Å². The van der Waals surface area contributed by atoms with Gasteiger partial charge in [0.25, 0.3) is 0 Å². The van der Waals surface area contributed by atoms with Gasteiger partial charge in [-0.15, -0.1) is 0 Å². The second-order valence-electron chi connectivity index (χ2n) is 5.53. The normalized spacial score (nSPS) is 11.9. The lowest BCUT2D eigenvalue weighted by Gasteiger charge is -2.13. The molecule has 0 saturated carbocycles. The zero-order valence-corrected chi connectivity index (χ0v) is 14.9.